The average molecular weight is 261 g/mol. The van der Waals surface area contributed by atoms with Crippen LogP contribution in [0.15, 0.2) is 12.3 Å². The highest BCUT2D eigenvalue weighted by atomic mass is 35.5. The Bertz CT molecular complexity index is 401. The molecule has 0 saturated carbocycles. The molecule has 0 bridgehead atoms. The number of pyridine rings is 1. The summed E-state index contributed by atoms with van der Waals surface area (Å²) in [5, 5.41) is 2.68. The minimum atomic E-state index is -0.598. The molecule has 0 spiro atoms. The van der Waals surface area contributed by atoms with Crippen molar-refractivity contribution >= 4 is 17.5 Å². The van der Waals surface area contributed by atoms with E-state index in [9.17, 15) is 9.18 Å². The minimum absolute atomic E-state index is 0.0174. The molecule has 6 heteroatoms. The lowest BCUT2D eigenvalue weighted by atomic mass is 10.2. The molecule has 1 atom stereocenters. The molecule has 1 aromatic rings. The van der Waals surface area contributed by atoms with Crippen molar-refractivity contribution in [3.05, 3.63) is 28.8 Å². The maximum Gasteiger partial charge on any atom is 0.254 e. The van der Waals surface area contributed by atoms with Gasteiger partial charge in [0.15, 0.2) is 0 Å². The molecular formula is C11H14ClFN2O2. The van der Waals surface area contributed by atoms with E-state index in [1.165, 1.54) is 0 Å². The number of aromatic nitrogens is 1. The number of hydrogen-bond donors (Lipinski definition) is 1. The van der Waals surface area contributed by atoms with E-state index in [1.807, 2.05) is 6.92 Å². The monoisotopic (exact) mass is 260 g/mol. The number of rotatable bonds is 5. The van der Waals surface area contributed by atoms with Crippen LogP contribution in [0.3, 0.4) is 0 Å². The third-order valence-electron chi connectivity index (χ3n) is 2.25. The number of carbonyl (C=O) groups is 1. The van der Waals surface area contributed by atoms with Crippen molar-refractivity contribution in [3.8, 4) is 0 Å². The van der Waals surface area contributed by atoms with Crippen molar-refractivity contribution in [2.75, 3.05) is 13.7 Å². The van der Waals surface area contributed by atoms with Crippen LogP contribution in [-0.2, 0) is 4.74 Å². The fourth-order valence-corrected chi connectivity index (χ4v) is 1.50. The summed E-state index contributed by atoms with van der Waals surface area (Å²) in [6, 6.07) is 0.927. The van der Waals surface area contributed by atoms with E-state index in [1.54, 1.807) is 7.11 Å². The third-order valence-corrected chi connectivity index (χ3v) is 2.55. The third kappa shape index (κ3) is 3.94. The molecule has 1 aromatic heterocycles. The molecule has 0 aliphatic heterocycles. The molecule has 1 rings (SSSR count). The molecule has 1 heterocycles. The summed E-state index contributed by atoms with van der Waals surface area (Å²) >= 11 is 5.72. The van der Waals surface area contributed by atoms with Crippen LogP contribution in [0.5, 0.6) is 0 Å². The van der Waals surface area contributed by atoms with E-state index < -0.39 is 11.7 Å². The van der Waals surface area contributed by atoms with Crippen LogP contribution >= 0.6 is 11.6 Å². The van der Waals surface area contributed by atoms with E-state index in [4.69, 9.17) is 16.3 Å². The van der Waals surface area contributed by atoms with Crippen LogP contribution in [0.25, 0.3) is 0 Å². The van der Waals surface area contributed by atoms with E-state index in [0.717, 1.165) is 12.3 Å². The zero-order chi connectivity index (χ0) is 12.8. The van der Waals surface area contributed by atoms with Gasteiger partial charge in [0, 0.05) is 7.11 Å². The molecule has 17 heavy (non-hydrogen) atoms. The van der Waals surface area contributed by atoms with Crippen LogP contribution < -0.4 is 5.32 Å². The van der Waals surface area contributed by atoms with Crippen LogP contribution in [0.2, 0.25) is 5.15 Å². The van der Waals surface area contributed by atoms with Crippen molar-refractivity contribution in [2.45, 2.75) is 19.4 Å². The zero-order valence-electron chi connectivity index (χ0n) is 9.67. The molecule has 1 unspecified atom stereocenters. The van der Waals surface area contributed by atoms with Crippen LogP contribution in [0.1, 0.15) is 23.7 Å². The highest BCUT2D eigenvalue weighted by Gasteiger charge is 2.16. The van der Waals surface area contributed by atoms with Gasteiger partial charge in [-0.1, -0.05) is 18.5 Å². The molecule has 94 valence electrons. The van der Waals surface area contributed by atoms with Gasteiger partial charge in [0.1, 0.15) is 11.0 Å². The number of nitrogens with one attached hydrogen (secondary N) is 1. The van der Waals surface area contributed by atoms with Gasteiger partial charge >= 0.3 is 0 Å². The minimum Gasteiger partial charge on any atom is -0.383 e. The Hall–Kier alpha value is -1.20. The van der Waals surface area contributed by atoms with Gasteiger partial charge in [0.25, 0.3) is 5.91 Å². The van der Waals surface area contributed by atoms with Gasteiger partial charge in [-0.15, -0.1) is 0 Å². The summed E-state index contributed by atoms with van der Waals surface area (Å²) in [5.74, 6) is -1.05. The first-order chi connectivity index (χ1) is 8.08. The Morgan fingerprint density at radius 1 is 1.71 bits per heavy atom. The maximum atomic E-state index is 12.9. The van der Waals surface area contributed by atoms with Crippen LogP contribution in [-0.4, -0.2) is 30.6 Å². The summed E-state index contributed by atoms with van der Waals surface area (Å²) in [7, 11) is 1.55. The van der Waals surface area contributed by atoms with Gasteiger partial charge < -0.3 is 10.1 Å². The normalized spacial score (nSPS) is 12.2. The second-order valence-electron chi connectivity index (χ2n) is 3.53. The van der Waals surface area contributed by atoms with Gasteiger partial charge in [-0.3, -0.25) is 4.79 Å². The quantitative estimate of drug-likeness (QED) is 0.824. The van der Waals surface area contributed by atoms with Gasteiger partial charge in [0.05, 0.1) is 24.4 Å². The molecule has 0 aliphatic rings. The average Bonchev–Trinajstić information content (AvgIpc) is 2.31. The maximum absolute atomic E-state index is 12.9. The van der Waals surface area contributed by atoms with E-state index in [-0.39, 0.29) is 16.8 Å². The first kappa shape index (κ1) is 13.9. The molecule has 0 radical (unpaired) electrons. The number of carbonyl (C=O) groups excluding carboxylic acids is 1. The molecule has 1 N–H and O–H groups in total. The number of methoxy groups -OCH3 is 1. The summed E-state index contributed by atoms with van der Waals surface area (Å²) in [4.78, 5) is 15.4. The smallest absolute Gasteiger partial charge is 0.254 e. The molecular weight excluding hydrogens is 247 g/mol. The van der Waals surface area contributed by atoms with Crippen LogP contribution in [0, 0.1) is 5.82 Å². The topological polar surface area (TPSA) is 51.2 Å². The number of halogens is 2. The highest BCUT2D eigenvalue weighted by Crippen LogP contribution is 2.13. The van der Waals surface area contributed by atoms with Gasteiger partial charge in [-0.25, -0.2) is 9.37 Å². The molecule has 0 aromatic carbocycles. The Morgan fingerprint density at radius 3 is 3.00 bits per heavy atom. The predicted octanol–water partition coefficient (Wildman–Crippen LogP) is 2.03. The lowest BCUT2D eigenvalue weighted by Gasteiger charge is -2.16. The second-order valence-corrected chi connectivity index (χ2v) is 3.88. The lowest BCUT2D eigenvalue weighted by Crippen LogP contribution is -2.37. The largest absolute Gasteiger partial charge is 0.383 e. The van der Waals surface area contributed by atoms with E-state index in [2.05, 4.69) is 10.3 Å². The Balaban J connectivity index is 2.78. The molecule has 0 saturated heterocycles. The Labute approximate surface area is 104 Å². The number of ether oxygens (including phenoxy) is 1. The van der Waals surface area contributed by atoms with Gasteiger partial charge in [-0.05, 0) is 12.5 Å². The number of amides is 1. The first-order valence-electron chi connectivity index (χ1n) is 5.19. The molecule has 0 aliphatic carbocycles. The van der Waals surface area contributed by atoms with Gasteiger partial charge in [-0.2, -0.15) is 0 Å². The molecule has 0 fully saturated rings. The van der Waals surface area contributed by atoms with Crippen molar-refractivity contribution < 1.29 is 13.9 Å². The highest BCUT2D eigenvalue weighted by molar-refractivity contribution is 6.32. The molecule has 4 nitrogen and oxygen atoms in total. The van der Waals surface area contributed by atoms with E-state index in [0.29, 0.717) is 13.0 Å². The van der Waals surface area contributed by atoms with Crippen molar-refractivity contribution in [1.29, 1.82) is 0 Å². The van der Waals surface area contributed by atoms with Crippen molar-refractivity contribution in [2.24, 2.45) is 0 Å². The Morgan fingerprint density at radius 2 is 2.41 bits per heavy atom. The second kappa shape index (κ2) is 6.51. The summed E-state index contributed by atoms with van der Waals surface area (Å²) < 4.78 is 17.9. The van der Waals surface area contributed by atoms with Gasteiger partial charge in [0.2, 0.25) is 0 Å². The van der Waals surface area contributed by atoms with E-state index >= 15 is 0 Å². The predicted molar refractivity (Wildman–Crippen MR) is 62.6 cm³/mol. The van der Waals surface area contributed by atoms with Crippen molar-refractivity contribution in [1.82, 2.24) is 10.3 Å². The standard InChI is InChI=1S/C11H14ClFN2O2/c1-3-8(6-17-2)15-11(16)9-4-7(13)5-14-10(9)12/h4-5,8H,3,6H2,1-2H3,(H,15,16). The zero-order valence-corrected chi connectivity index (χ0v) is 10.4. The number of hydrogen-bond acceptors (Lipinski definition) is 3. The SMILES string of the molecule is CCC(COC)NC(=O)c1cc(F)cnc1Cl. The first-order valence-corrected chi connectivity index (χ1v) is 5.57. The fraction of sp³-hybridized carbons (Fsp3) is 0.455. The Kier molecular flexibility index (Phi) is 5.31. The molecule has 1 amide bonds. The summed E-state index contributed by atoms with van der Waals surface area (Å²) in [6.45, 7) is 2.30. The van der Waals surface area contributed by atoms with Crippen LogP contribution in [0.4, 0.5) is 4.39 Å². The number of nitrogens with zero attached hydrogens (tertiary/aromatic N) is 1. The summed E-state index contributed by atoms with van der Waals surface area (Å²) in [6.07, 6.45) is 1.67. The van der Waals surface area contributed by atoms with Crippen molar-refractivity contribution in [3.63, 3.8) is 0 Å². The summed E-state index contributed by atoms with van der Waals surface area (Å²) in [5.41, 5.74) is 0.0289. The fourth-order valence-electron chi connectivity index (χ4n) is 1.31. The lowest BCUT2D eigenvalue weighted by molar-refractivity contribution is 0.0894.